The molecule has 148 valence electrons. The molecule has 0 atom stereocenters. The van der Waals surface area contributed by atoms with Crippen molar-refractivity contribution in [1.29, 1.82) is 0 Å². The number of aromatic nitrogens is 1. The second-order valence-corrected chi connectivity index (χ2v) is 8.00. The van der Waals surface area contributed by atoms with Crippen molar-refractivity contribution in [2.45, 2.75) is 32.4 Å². The molecule has 1 aromatic heterocycles. The molecule has 0 N–H and O–H groups in total. The third-order valence-electron chi connectivity index (χ3n) is 4.96. The summed E-state index contributed by atoms with van der Waals surface area (Å²) in [6.45, 7) is 1.82. The third-order valence-corrected chi connectivity index (χ3v) is 5.87. The van der Waals surface area contributed by atoms with Gasteiger partial charge in [-0.3, -0.25) is 14.5 Å². The molecule has 0 aliphatic carbocycles. The molecule has 5 nitrogen and oxygen atoms in total. The van der Waals surface area contributed by atoms with Gasteiger partial charge in [0, 0.05) is 31.4 Å². The molecule has 1 aliphatic rings. The number of thiazole rings is 1. The van der Waals surface area contributed by atoms with Crippen molar-refractivity contribution in [3.63, 3.8) is 0 Å². The fourth-order valence-electron chi connectivity index (χ4n) is 3.46. The molecule has 0 radical (unpaired) electrons. The third kappa shape index (κ3) is 4.90. The first-order chi connectivity index (χ1) is 14.2. The second-order valence-electron chi connectivity index (χ2n) is 7.17. The van der Waals surface area contributed by atoms with Gasteiger partial charge in [0.2, 0.25) is 11.8 Å². The Morgan fingerprint density at radius 3 is 2.17 bits per heavy atom. The van der Waals surface area contributed by atoms with Crippen LogP contribution in [0.5, 0.6) is 0 Å². The maximum absolute atomic E-state index is 13.1. The van der Waals surface area contributed by atoms with Gasteiger partial charge in [-0.15, -0.1) is 11.3 Å². The van der Waals surface area contributed by atoms with Gasteiger partial charge in [0.1, 0.15) is 0 Å². The number of nitrogens with zero attached hydrogens (tertiary/aromatic N) is 3. The van der Waals surface area contributed by atoms with Crippen molar-refractivity contribution in [2.24, 2.45) is 0 Å². The van der Waals surface area contributed by atoms with Gasteiger partial charge in [-0.1, -0.05) is 60.7 Å². The zero-order valence-electron chi connectivity index (χ0n) is 16.2. The van der Waals surface area contributed by atoms with Gasteiger partial charge in [-0.25, -0.2) is 4.98 Å². The molecular weight excluding hydrogens is 382 g/mol. The van der Waals surface area contributed by atoms with E-state index in [0.717, 1.165) is 23.2 Å². The Balaban J connectivity index is 1.48. The number of carbonyl (C=O) groups excluding carboxylic acids is 2. The molecule has 3 aromatic rings. The fourth-order valence-corrected chi connectivity index (χ4v) is 4.33. The van der Waals surface area contributed by atoms with Crippen molar-refractivity contribution in [1.82, 2.24) is 9.88 Å². The smallest absolute Gasteiger partial charge is 0.229 e. The number of benzene rings is 2. The maximum Gasteiger partial charge on any atom is 0.229 e. The number of anilines is 1. The van der Waals surface area contributed by atoms with Crippen LogP contribution in [0.25, 0.3) is 0 Å². The van der Waals surface area contributed by atoms with E-state index in [4.69, 9.17) is 0 Å². The van der Waals surface area contributed by atoms with E-state index >= 15 is 0 Å². The molecule has 6 heteroatoms. The van der Waals surface area contributed by atoms with Crippen LogP contribution in [0.1, 0.15) is 29.7 Å². The molecule has 0 bridgehead atoms. The Hall–Kier alpha value is -2.99. The summed E-state index contributed by atoms with van der Waals surface area (Å²) in [6.07, 6.45) is 1.68. The summed E-state index contributed by atoms with van der Waals surface area (Å²) < 4.78 is 0. The highest BCUT2D eigenvalue weighted by molar-refractivity contribution is 7.14. The summed E-state index contributed by atoms with van der Waals surface area (Å²) in [5.41, 5.74) is 2.91. The monoisotopic (exact) mass is 405 g/mol. The zero-order valence-corrected chi connectivity index (χ0v) is 17.0. The zero-order chi connectivity index (χ0) is 20.1. The molecule has 0 unspecified atom stereocenters. The number of rotatable bonds is 7. The Kier molecular flexibility index (Phi) is 6.00. The van der Waals surface area contributed by atoms with Crippen molar-refractivity contribution in [2.75, 3.05) is 11.4 Å². The molecular formula is C23H23N3O2S. The maximum atomic E-state index is 13.1. The van der Waals surface area contributed by atoms with Crippen molar-refractivity contribution in [3.8, 4) is 0 Å². The van der Waals surface area contributed by atoms with Crippen LogP contribution in [0, 0.1) is 0 Å². The quantitative estimate of drug-likeness (QED) is 0.596. The van der Waals surface area contributed by atoms with Gasteiger partial charge in [-0.05, 0) is 17.5 Å². The predicted molar refractivity (Wildman–Crippen MR) is 115 cm³/mol. The van der Waals surface area contributed by atoms with Crippen LogP contribution >= 0.6 is 11.3 Å². The van der Waals surface area contributed by atoms with Crippen LogP contribution in [0.3, 0.4) is 0 Å². The molecule has 1 fully saturated rings. The largest absolute Gasteiger partial charge is 0.334 e. The molecule has 2 heterocycles. The summed E-state index contributed by atoms with van der Waals surface area (Å²) in [5, 5.41) is 2.59. The minimum atomic E-state index is 0.0299. The summed E-state index contributed by atoms with van der Waals surface area (Å²) in [5.74, 6) is 0.148. The normalized spacial score (nSPS) is 13.7. The van der Waals surface area contributed by atoms with E-state index in [-0.39, 0.29) is 18.2 Å². The highest BCUT2D eigenvalue weighted by Crippen LogP contribution is 2.25. The lowest BCUT2D eigenvalue weighted by Crippen LogP contribution is -2.31. The summed E-state index contributed by atoms with van der Waals surface area (Å²) in [4.78, 5) is 33.2. The van der Waals surface area contributed by atoms with E-state index in [9.17, 15) is 9.59 Å². The fraction of sp³-hybridized carbons (Fsp3) is 0.261. The van der Waals surface area contributed by atoms with Gasteiger partial charge in [-0.2, -0.15) is 0 Å². The number of carbonyl (C=O) groups is 2. The molecule has 0 spiro atoms. The van der Waals surface area contributed by atoms with Gasteiger partial charge in [0.15, 0.2) is 5.13 Å². The lowest BCUT2D eigenvalue weighted by Gasteiger charge is -2.23. The average Bonchev–Trinajstić information content (AvgIpc) is 3.37. The molecule has 2 aromatic carbocycles. The van der Waals surface area contributed by atoms with Gasteiger partial charge in [0.25, 0.3) is 0 Å². The van der Waals surface area contributed by atoms with E-state index in [2.05, 4.69) is 4.98 Å². The van der Waals surface area contributed by atoms with Crippen LogP contribution in [0.2, 0.25) is 0 Å². The van der Waals surface area contributed by atoms with Crippen LogP contribution in [-0.2, 0) is 29.1 Å². The molecule has 0 saturated carbocycles. The van der Waals surface area contributed by atoms with Crippen molar-refractivity contribution < 1.29 is 9.59 Å². The summed E-state index contributed by atoms with van der Waals surface area (Å²) in [6, 6.07) is 20.0. The molecule has 29 heavy (non-hydrogen) atoms. The summed E-state index contributed by atoms with van der Waals surface area (Å²) in [7, 11) is 0. The Labute approximate surface area is 174 Å². The number of amides is 2. The summed E-state index contributed by atoms with van der Waals surface area (Å²) >= 11 is 1.44. The van der Waals surface area contributed by atoms with E-state index in [0.29, 0.717) is 31.2 Å². The second kappa shape index (κ2) is 9.01. The number of hydrogen-bond acceptors (Lipinski definition) is 4. The average molecular weight is 406 g/mol. The first-order valence-corrected chi connectivity index (χ1v) is 10.7. The number of hydrogen-bond donors (Lipinski definition) is 0. The Bertz CT molecular complexity index is 931. The van der Waals surface area contributed by atoms with Crippen LogP contribution in [0.15, 0.2) is 66.0 Å². The predicted octanol–water partition coefficient (Wildman–Crippen LogP) is 4.04. The van der Waals surface area contributed by atoms with E-state index in [1.807, 2.05) is 70.9 Å². The van der Waals surface area contributed by atoms with Crippen molar-refractivity contribution >= 4 is 28.3 Å². The van der Waals surface area contributed by atoms with Crippen LogP contribution in [0.4, 0.5) is 5.13 Å². The molecule has 1 aliphatic heterocycles. The Morgan fingerprint density at radius 1 is 1.00 bits per heavy atom. The SMILES string of the molecule is O=C(Cc1csc(N2CCCC2=O)n1)N(Cc1ccccc1)Cc1ccccc1. The van der Waals surface area contributed by atoms with Crippen LogP contribution in [-0.4, -0.2) is 28.2 Å². The minimum Gasteiger partial charge on any atom is -0.334 e. The highest BCUT2D eigenvalue weighted by Gasteiger charge is 2.25. The molecule has 4 rings (SSSR count). The lowest BCUT2D eigenvalue weighted by molar-refractivity contribution is -0.131. The van der Waals surface area contributed by atoms with Crippen molar-refractivity contribution in [3.05, 3.63) is 82.9 Å². The van der Waals surface area contributed by atoms with Crippen LogP contribution < -0.4 is 4.90 Å². The van der Waals surface area contributed by atoms with Gasteiger partial charge >= 0.3 is 0 Å². The molecule has 2 amide bonds. The Morgan fingerprint density at radius 2 is 1.62 bits per heavy atom. The van der Waals surface area contributed by atoms with Gasteiger partial charge in [0.05, 0.1) is 12.1 Å². The van der Waals surface area contributed by atoms with E-state index in [1.54, 1.807) is 4.90 Å². The lowest BCUT2D eigenvalue weighted by atomic mass is 10.1. The molecule has 1 saturated heterocycles. The minimum absolute atomic E-state index is 0.0299. The van der Waals surface area contributed by atoms with Gasteiger partial charge < -0.3 is 4.90 Å². The van der Waals surface area contributed by atoms with E-state index < -0.39 is 0 Å². The highest BCUT2D eigenvalue weighted by atomic mass is 32.1. The van der Waals surface area contributed by atoms with E-state index in [1.165, 1.54) is 11.3 Å². The first kappa shape index (κ1) is 19.3. The first-order valence-electron chi connectivity index (χ1n) is 9.79. The topological polar surface area (TPSA) is 53.5 Å². The standard InChI is InChI=1S/C23H23N3O2S/c27-21-12-7-13-26(21)23-24-20(17-29-23)14-22(28)25(15-18-8-3-1-4-9-18)16-19-10-5-2-6-11-19/h1-6,8-11,17H,7,12-16H2.